The second kappa shape index (κ2) is 7.49. The van der Waals surface area contributed by atoms with Gasteiger partial charge in [-0.25, -0.2) is 0 Å². The molecule has 0 radical (unpaired) electrons. The highest BCUT2D eigenvalue weighted by atomic mass is 16.1. The molecule has 1 amide bonds. The minimum atomic E-state index is -0.200. The summed E-state index contributed by atoms with van der Waals surface area (Å²) in [6.07, 6.45) is 1.95. The molecule has 1 aromatic heterocycles. The Balaban J connectivity index is 1.94. The van der Waals surface area contributed by atoms with E-state index in [1.165, 1.54) is 12.5 Å². The van der Waals surface area contributed by atoms with Crippen LogP contribution in [0.25, 0.3) is 0 Å². The molecule has 6 nitrogen and oxygen atoms in total. The fraction of sp³-hybridized carbons (Fsp3) is 0.375. The van der Waals surface area contributed by atoms with Crippen molar-refractivity contribution in [2.75, 3.05) is 10.6 Å². The first-order valence-corrected chi connectivity index (χ1v) is 7.33. The first-order chi connectivity index (χ1) is 10.5. The Hall–Kier alpha value is -2.50. The Kier molecular flexibility index (Phi) is 5.41. The number of nitrogens with zero attached hydrogens (tertiary/aromatic N) is 3. The lowest BCUT2D eigenvalue weighted by atomic mass is 10.1. The number of aryl methyl sites for hydroxylation is 2. The summed E-state index contributed by atoms with van der Waals surface area (Å²) in [5, 5.41) is 5.83. The minimum Gasteiger partial charge on any atom is -0.352 e. The van der Waals surface area contributed by atoms with Crippen LogP contribution in [0, 0.1) is 6.92 Å². The van der Waals surface area contributed by atoms with E-state index in [-0.39, 0.29) is 17.9 Å². The maximum absolute atomic E-state index is 11.1. The SMILES string of the molecule is CC(=O)Nc1nc(C)nc(NC(C)CCc2ccccc2)n1. The number of hydrogen-bond acceptors (Lipinski definition) is 5. The number of rotatable bonds is 6. The van der Waals surface area contributed by atoms with Gasteiger partial charge in [0.2, 0.25) is 17.8 Å². The Morgan fingerprint density at radius 1 is 1.14 bits per heavy atom. The highest BCUT2D eigenvalue weighted by molar-refractivity contribution is 5.86. The van der Waals surface area contributed by atoms with E-state index in [4.69, 9.17) is 0 Å². The van der Waals surface area contributed by atoms with Crippen molar-refractivity contribution in [3.05, 3.63) is 41.7 Å². The van der Waals surface area contributed by atoms with Crippen LogP contribution >= 0.6 is 0 Å². The molecule has 1 aromatic carbocycles. The van der Waals surface area contributed by atoms with E-state index in [0.29, 0.717) is 11.8 Å². The summed E-state index contributed by atoms with van der Waals surface area (Å²) < 4.78 is 0. The third kappa shape index (κ3) is 5.12. The van der Waals surface area contributed by atoms with E-state index < -0.39 is 0 Å². The van der Waals surface area contributed by atoms with Crippen LogP contribution in [0.15, 0.2) is 30.3 Å². The Labute approximate surface area is 130 Å². The molecule has 6 heteroatoms. The first kappa shape index (κ1) is 15.9. The van der Waals surface area contributed by atoms with Gasteiger partial charge < -0.3 is 5.32 Å². The molecule has 116 valence electrons. The van der Waals surface area contributed by atoms with E-state index >= 15 is 0 Å². The van der Waals surface area contributed by atoms with Gasteiger partial charge in [0.15, 0.2) is 0 Å². The van der Waals surface area contributed by atoms with Crippen LogP contribution in [0.4, 0.5) is 11.9 Å². The molecule has 2 N–H and O–H groups in total. The Bertz CT molecular complexity index is 630. The van der Waals surface area contributed by atoms with Crippen LogP contribution in [0.1, 0.15) is 31.7 Å². The van der Waals surface area contributed by atoms with Crippen molar-refractivity contribution < 1.29 is 4.79 Å². The van der Waals surface area contributed by atoms with Gasteiger partial charge >= 0.3 is 0 Å². The number of anilines is 2. The molecule has 0 aliphatic rings. The number of amides is 1. The number of nitrogens with one attached hydrogen (secondary N) is 2. The van der Waals surface area contributed by atoms with Crippen LogP contribution in [-0.2, 0) is 11.2 Å². The van der Waals surface area contributed by atoms with Crippen molar-refractivity contribution in [1.29, 1.82) is 0 Å². The number of carbonyl (C=O) groups excluding carboxylic acids is 1. The molecule has 0 aliphatic carbocycles. The molecular formula is C16H21N5O. The van der Waals surface area contributed by atoms with Gasteiger partial charge in [0.1, 0.15) is 5.82 Å². The highest BCUT2D eigenvalue weighted by Crippen LogP contribution is 2.10. The van der Waals surface area contributed by atoms with Gasteiger partial charge in [0.05, 0.1) is 0 Å². The molecule has 1 atom stereocenters. The minimum absolute atomic E-state index is 0.200. The Morgan fingerprint density at radius 3 is 2.50 bits per heavy atom. The molecule has 0 saturated carbocycles. The molecular weight excluding hydrogens is 278 g/mol. The van der Waals surface area contributed by atoms with Gasteiger partial charge in [-0.3, -0.25) is 10.1 Å². The van der Waals surface area contributed by atoms with Crippen molar-refractivity contribution in [3.8, 4) is 0 Å². The quantitative estimate of drug-likeness (QED) is 0.857. The second-order valence-corrected chi connectivity index (χ2v) is 5.28. The molecule has 2 aromatic rings. The van der Waals surface area contributed by atoms with E-state index in [1.54, 1.807) is 6.92 Å². The lowest BCUT2D eigenvalue weighted by Crippen LogP contribution is -2.20. The molecule has 22 heavy (non-hydrogen) atoms. The average molecular weight is 299 g/mol. The molecule has 0 fully saturated rings. The van der Waals surface area contributed by atoms with E-state index in [2.05, 4.69) is 44.6 Å². The number of aromatic nitrogens is 3. The lowest BCUT2D eigenvalue weighted by molar-refractivity contribution is -0.114. The zero-order valence-corrected chi connectivity index (χ0v) is 13.1. The maximum Gasteiger partial charge on any atom is 0.234 e. The van der Waals surface area contributed by atoms with Crippen molar-refractivity contribution in [2.24, 2.45) is 0 Å². The molecule has 0 aliphatic heterocycles. The summed E-state index contributed by atoms with van der Waals surface area (Å²) >= 11 is 0. The van der Waals surface area contributed by atoms with Crippen LogP contribution in [0.3, 0.4) is 0 Å². The van der Waals surface area contributed by atoms with Crippen molar-refractivity contribution in [1.82, 2.24) is 15.0 Å². The summed E-state index contributed by atoms with van der Waals surface area (Å²) in [4.78, 5) is 23.6. The summed E-state index contributed by atoms with van der Waals surface area (Å²) in [6, 6.07) is 10.6. The summed E-state index contributed by atoms with van der Waals surface area (Å²) in [6.45, 7) is 5.28. The van der Waals surface area contributed by atoms with Crippen LogP contribution < -0.4 is 10.6 Å². The van der Waals surface area contributed by atoms with Gasteiger partial charge in [-0.05, 0) is 32.3 Å². The molecule has 0 saturated heterocycles. The fourth-order valence-corrected chi connectivity index (χ4v) is 2.08. The number of benzene rings is 1. The zero-order valence-electron chi connectivity index (χ0n) is 13.1. The lowest BCUT2D eigenvalue weighted by Gasteiger charge is -2.14. The predicted molar refractivity (Wildman–Crippen MR) is 86.7 cm³/mol. The van der Waals surface area contributed by atoms with Crippen molar-refractivity contribution in [2.45, 2.75) is 39.7 Å². The van der Waals surface area contributed by atoms with E-state index in [1.807, 2.05) is 18.2 Å². The molecule has 1 heterocycles. The predicted octanol–water partition coefficient (Wildman–Crippen LogP) is 2.57. The first-order valence-electron chi connectivity index (χ1n) is 7.33. The molecule has 0 bridgehead atoms. The third-order valence-electron chi connectivity index (χ3n) is 3.12. The van der Waals surface area contributed by atoms with Crippen molar-refractivity contribution >= 4 is 17.8 Å². The monoisotopic (exact) mass is 299 g/mol. The normalized spacial score (nSPS) is 11.8. The maximum atomic E-state index is 11.1. The van der Waals surface area contributed by atoms with E-state index in [9.17, 15) is 4.79 Å². The van der Waals surface area contributed by atoms with Crippen molar-refractivity contribution in [3.63, 3.8) is 0 Å². The van der Waals surface area contributed by atoms with Gasteiger partial charge in [-0.15, -0.1) is 0 Å². The van der Waals surface area contributed by atoms with Gasteiger partial charge in [0.25, 0.3) is 0 Å². The number of hydrogen-bond donors (Lipinski definition) is 2. The topological polar surface area (TPSA) is 79.8 Å². The fourth-order valence-electron chi connectivity index (χ4n) is 2.08. The van der Waals surface area contributed by atoms with Gasteiger partial charge in [-0.2, -0.15) is 15.0 Å². The van der Waals surface area contributed by atoms with Crippen LogP contribution in [0.5, 0.6) is 0 Å². The zero-order chi connectivity index (χ0) is 15.9. The van der Waals surface area contributed by atoms with E-state index in [0.717, 1.165) is 12.8 Å². The summed E-state index contributed by atoms with van der Waals surface area (Å²) in [7, 11) is 0. The van der Waals surface area contributed by atoms with Crippen LogP contribution in [0.2, 0.25) is 0 Å². The standard InChI is InChI=1S/C16H21N5O/c1-11(9-10-14-7-5-4-6-8-14)17-15-18-12(2)19-16(21-15)20-13(3)22/h4-8,11H,9-10H2,1-3H3,(H2,17,18,19,20,21,22). The summed E-state index contributed by atoms with van der Waals surface area (Å²) in [5.74, 6) is 1.12. The molecule has 0 spiro atoms. The number of carbonyl (C=O) groups is 1. The van der Waals surface area contributed by atoms with Gasteiger partial charge in [-0.1, -0.05) is 30.3 Å². The largest absolute Gasteiger partial charge is 0.352 e. The third-order valence-corrected chi connectivity index (χ3v) is 3.12. The second-order valence-electron chi connectivity index (χ2n) is 5.28. The highest BCUT2D eigenvalue weighted by Gasteiger charge is 2.08. The molecule has 2 rings (SSSR count). The smallest absolute Gasteiger partial charge is 0.234 e. The Morgan fingerprint density at radius 2 is 1.82 bits per heavy atom. The molecule has 1 unspecified atom stereocenters. The van der Waals surface area contributed by atoms with Gasteiger partial charge in [0, 0.05) is 13.0 Å². The van der Waals surface area contributed by atoms with Crippen LogP contribution in [-0.4, -0.2) is 26.9 Å². The average Bonchev–Trinajstić information content (AvgIpc) is 2.45. The summed E-state index contributed by atoms with van der Waals surface area (Å²) in [5.41, 5.74) is 1.31.